The van der Waals surface area contributed by atoms with Gasteiger partial charge in [-0.25, -0.2) is 0 Å². The summed E-state index contributed by atoms with van der Waals surface area (Å²) >= 11 is 5.99. The summed E-state index contributed by atoms with van der Waals surface area (Å²) in [5.74, 6) is 0.139. The normalized spacial score (nSPS) is 23.6. The summed E-state index contributed by atoms with van der Waals surface area (Å²) in [6.07, 6.45) is 5.00. The quantitative estimate of drug-likeness (QED) is 0.806. The van der Waals surface area contributed by atoms with Crippen molar-refractivity contribution in [3.8, 4) is 0 Å². The topological polar surface area (TPSA) is 38.3 Å². The molecule has 2 aromatic carbocycles. The molecule has 2 aliphatic rings. The second-order valence-electron chi connectivity index (χ2n) is 7.43. The van der Waals surface area contributed by atoms with Crippen molar-refractivity contribution >= 4 is 17.5 Å². The highest BCUT2D eigenvalue weighted by Crippen LogP contribution is 2.48. The summed E-state index contributed by atoms with van der Waals surface area (Å²) in [5.41, 5.74) is 1.88. The number of hydrogen-bond acceptors (Lipinski definition) is 2. The van der Waals surface area contributed by atoms with Gasteiger partial charge >= 0.3 is 0 Å². The molecule has 0 saturated heterocycles. The molecule has 3 nitrogen and oxygen atoms in total. The van der Waals surface area contributed by atoms with Gasteiger partial charge in [-0.3, -0.25) is 4.79 Å². The first-order chi connectivity index (χ1) is 12.7. The Hall–Kier alpha value is -1.84. The highest BCUT2D eigenvalue weighted by molar-refractivity contribution is 6.30. The van der Waals surface area contributed by atoms with Gasteiger partial charge in [-0.2, -0.15) is 0 Å². The lowest BCUT2D eigenvalue weighted by molar-refractivity contribution is -0.125. The zero-order chi connectivity index (χ0) is 18.0. The SMILES string of the molecule is O=C(N[C@H]1CCC[C@@H]1OCc1ccccc1)C1(c2ccc(Cl)cc2)CC1. The fraction of sp³-hybridized carbons (Fsp3) is 0.409. The molecule has 0 heterocycles. The summed E-state index contributed by atoms with van der Waals surface area (Å²) in [7, 11) is 0. The fourth-order valence-electron chi connectivity index (χ4n) is 3.92. The standard InChI is InChI=1S/C22H24ClNO2/c23-18-11-9-17(10-12-18)22(13-14-22)21(25)24-19-7-4-8-20(19)26-15-16-5-2-1-3-6-16/h1-3,5-6,9-12,19-20H,4,7-8,13-15H2,(H,24,25)/t19-,20-/m0/s1. The van der Waals surface area contributed by atoms with E-state index in [1.807, 2.05) is 42.5 Å². The summed E-state index contributed by atoms with van der Waals surface area (Å²) in [5, 5.41) is 3.99. The lowest BCUT2D eigenvalue weighted by atomic mass is 9.94. The third-order valence-corrected chi connectivity index (χ3v) is 5.91. The van der Waals surface area contributed by atoms with Crippen LogP contribution in [0.15, 0.2) is 54.6 Å². The van der Waals surface area contributed by atoms with Crippen LogP contribution in [-0.2, 0) is 21.6 Å². The average molecular weight is 370 g/mol. The molecule has 26 heavy (non-hydrogen) atoms. The van der Waals surface area contributed by atoms with Gasteiger partial charge < -0.3 is 10.1 Å². The van der Waals surface area contributed by atoms with Crippen molar-refractivity contribution in [3.63, 3.8) is 0 Å². The Labute approximate surface area is 159 Å². The van der Waals surface area contributed by atoms with Crippen molar-refractivity contribution in [2.75, 3.05) is 0 Å². The number of halogens is 1. The molecule has 4 heteroatoms. The number of ether oxygens (including phenoxy) is 1. The van der Waals surface area contributed by atoms with Crippen LogP contribution in [0.1, 0.15) is 43.2 Å². The molecule has 2 aliphatic carbocycles. The third kappa shape index (κ3) is 3.65. The van der Waals surface area contributed by atoms with E-state index in [0.29, 0.717) is 11.6 Å². The number of benzene rings is 2. The maximum atomic E-state index is 13.0. The smallest absolute Gasteiger partial charge is 0.230 e. The maximum absolute atomic E-state index is 13.0. The zero-order valence-electron chi connectivity index (χ0n) is 14.8. The van der Waals surface area contributed by atoms with Crippen LogP contribution in [0.25, 0.3) is 0 Å². The monoisotopic (exact) mass is 369 g/mol. The van der Waals surface area contributed by atoms with Gasteiger partial charge in [0.1, 0.15) is 0 Å². The molecule has 136 valence electrons. The summed E-state index contributed by atoms with van der Waals surface area (Å²) in [4.78, 5) is 13.0. The third-order valence-electron chi connectivity index (χ3n) is 5.66. The van der Waals surface area contributed by atoms with Crippen LogP contribution >= 0.6 is 11.6 Å². The zero-order valence-corrected chi connectivity index (χ0v) is 15.5. The van der Waals surface area contributed by atoms with E-state index in [9.17, 15) is 4.79 Å². The largest absolute Gasteiger partial charge is 0.371 e. The minimum absolute atomic E-state index is 0.0974. The van der Waals surface area contributed by atoms with Crippen molar-refractivity contribution < 1.29 is 9.53 Å². The minimum atomic E-state index is -0.364. The van der Waals surface area contributed by atoms with Crippen LogP contribution in [0, 0.1) is 0 Å². The second-order valence-corrected chi connectivity index (χ2v) is 7.87. The van der Waals surface area contributed by atoms with Crippen LogP contribution in [0.4, 0.5) is 0 Å². The molecule has 1 amide bonds. The molecule has 0 spiro atoms. The number of rotatable bonds is 6. The van der Waals surface area contributed by atoms with Gasteiger partial charge in [-0.1, -0.05) is 54.1 Å². The van der Waals surface area contributed by atoms with Gasteiger partial charge in [-0.15, -0.1) is 0 Å². The molecule has 2 aromatic rings. The Morgan fingerprint density at radius 2 is 1.81 bits per heavy atom. The van der Waals surface area contributed by atoms with Gasteiger partial charge in [0.05, 0.1) is 24.2 Å². The molecular formula is C22H24ClNO2. The molecule has 0 aromatic heterocycles. The molecule has 0 aliphatic heterocycles. The van der Waals surface area contributed by atoms with E-state index >= 15 is 0 Å². The maximum Gasteiger partial charge on any atom is 0.230 e. The summed E-state index contributed by atoms with van der Waals surface area (Å²) < 4.78 is 6.12. The predicted molar refractivity (Wildman–Crippen MR) is 103 cm³/mol. The molecule has 0 bridgehead atoms. The average Bonchev–Trinajstić information content (AvgIpc) is 3.36. The number of amides is 1. The molecule has 0 unspecified atom stereocenters. The molecule has 0 radical (unpaired) electrons. The van der Waals surface area contributed by atoms with E-state index in [0.717, 1.165) is 37.7 Å². The summed E-state index contributed by atoms with van der Waals surface area (Å²) in [6, 6.07) is 18.0. The second kappa shape index (κ2) is 7.42. The Kier molecular flexibility index (Phi) is 5.01. The van der Waals surface area contributed by atoms with E-state index in [2.05, 4.69) is 17.4 Å². The van der Waals surface area contributed by atoms with Crippen molar-refractivity contribution in [3.05, 3.63) is 70.7 Å². The lowest BCUT2D eigenvalue weighted by Gasteiger charge is -2.24. The number of hydrogen-bond donors (Lipinski definition) is 1. The van der Waals surface area contributed by atoms with Gasteiger partial charge in [0, 0.05) is 5.02 Å². The molecule has 2 atom stereocenters. The van der Waals surface area contributed by atoms with E-state index in [4.69, 9.17) is 16.3 Å². The first-order valence-electron chi connectivity index (χ1n) is 9.40. The van der Waals surface area contributed by atoms with Crippen LogP contribution in [0.3, 0.4) is 0 Å². The van der Waals surface area contributed by atoms with Crippen molar-refractivity contribution in [1.29, 1.82) is 0 Å². The number of carbonyl (C=O) groups excluding carboxylic acids is 1. The molecule has 2 fully saturated rings. The Bertz CT molecular complexity index is 755. The van der Waals surface area contributed by atoms with Crippen molar-refractivity contribution in [2.45, 2.75) is 56.3 Å². The molecular weight excluding hydrogens is 346 g/mol. The van der Waals surface area contributed by atoms with Crippen LogP contribution in [0.5, 0.6) is 0 Å². The molecule has 2 saturated carbocycles. The number of carbonyl (C=O) groups is 1. The van der Waals surface area contributed by atoms with Gasteiger partial charge in [0.2, 0.25) is 5.91 Å². The lowest BCUT2D eigenvalue weighted by Crippen LogP contribution is -2.45. The van der Waals surface area contributed by atoms with Crippen LogP contribution in [-0.4, -0.2) is 18.1 Å². The van der Waals surface area contributed by atoms with Gasteiger partial charge in [0.15, 0.2) is 0 Å². The van der Waals surface area contributed by atoms with E-state index in [1.54, 1.807) is 0 Å². The van der Waals surface area contributed by atoms with Gasteiger partial charge in [0.25, 0.3) is 0 Å². The number of nitrogens with one attached hydrogen (secondary N) is 1. The van der Waals surface area contributed by atoms with Gasteiger partial charge in [-0.05, 0) is 55.4 Å². The molecule has 4 rings (SSSR count). The summed E-state index contributed by atoms with van der Waals surface area (Å²) in [6.45, 7) is 0.597. The first kappa shape index (κ1) is 17.6. The fourth-order valence-corrected chi connectivity index (χ4v) is 4.04. The predicted octanol–water partition coefficient (Wildman–Crippen LogP) is 4.63. The van der Waals surface area contributed by atoms with Crippen molar-refractivity contribution in [1.82, 2.24) is 5.32 Å². The van der Waals surface area contributed by atoms with E-state index in [1.165, 1.54) is 5.56 Å². The highest BCUT2D eigenvalue weighted by Gasteiger charge is 2.52. The van der Waals surface area contributed by atoms with Crippen LogP contribution in [0.2, 0.25) is 5.02 Å². The first-order valence-corrected chi connectivity index (χ1v) is 9.78. The Morgan fingerprint density at radius 1 is 1.08 bits per heavy atom. The molecule has 1 N–H and O–H groups in total. The van der Waals surface area contributed by atoms with E-state index < -0.39 is 0 Å². The van der Waals surface area contributed by atoms with E-state index in [-0.39, 0.29) is 23.5 Å². The van der Waals surface area contributed by atoms with Crippen molar-refractivity contribution in [2.24, 2.45) is 0 Å². The van der Waals surface area contributed by atoms with Crippen LogP contribution < -0.4 is 5.32 Å². The Morgan fingerprint density at radius 3 is 2.50 bits per heavy atom. The Balaban J connectivity index is 1.38. The minimum Gasteiger partial charge on any atom is -0.371 e. The highest BCUT2D eigenvalue weighted by atomic mass is 35.5.